The molecule has 6 nitrogen and oxygen atoms in total. The summed E-state index contributed by atoms with van der Waals surface area (Å²) in [4.78, 5) is 38.4. The van der Waals surface area contributed by atoms with Crippen molar-refractivity contribution >= 4 is 17.9 Å². The Kier molecular flexibility index (Phi) is 62.1. The molecule has 0 bridgehead atoms. The van der Waals surface area contributed by atoms with E-state index in [0.29, 0.717) is 19.3 Å². The molecule has 1 unspecified atom stereocenters. The lowest BCUT2D eigenvalue weighted by atomic mass is 10.0. The topological polar surface area (TPSA) is 78.9 Å². The lowest BCUT2D eigenvalue weighted by molar-refractivity contribution is -0.167. The predicted molar refractivity (Wildman–Crippen MR) is 321 cm³/mol. The molecule has 0 amide bonds. The van der Waals surface area contributed by atoms with Crippen LogP contribution < -0.4 is 0 Å². The van der Waals surface area contributed by atoms with E-state index in [1.54, 1.807) is 0 Å². The van der Waals surface area contributed by atoms with Crippen molar-refractivity contribution in [1.29, 1.82) is 0 Å². The van der Waals surface area contributed by atoms with Gasteiger partial charge in [0.05, 0.1) is 0 Å². The summed E-state index contributed by atoms with van der Waals surface area (Å²) in [5.41, 5.74) is 0. The molecule has 0 radical (unpaired) electrons. The molecule has 0 fully saturated rings. The van der Waals surface area contributed by atoms with Gasteiger partial charge in [-0.3, -0.25) is 14.4 Å². The highest BCUT2D eigenvalue weighted by Crippen LogP contribution is 2.19. The fourth-order valence-electron chi connectivity index (χ4n) is 10.4. The van der Waals surface area contributed by atoms with Gasteiger partial charge in [0, 0.05) is 19.3 Å². The maximum atomic E-state index is 12.9. The monoisotopic (exact) mass is 1040 g/mol. The van der Waals surface area contributed by atoms with Crippen LogP contribution in [-0.2, 0) is 28.6 Å². The summed E-state index contributed by atoms with van der Waals surface area (Å²) >= 11 is 0. The van der Waals surface area contributed by atoms with Crippen LogP contribution in [0, 0.1) is 0 Å². The molecule has 0 aliphatic rings. The maximum Gasteiger partial charge on any atom is 0.306 e. The molecular formula is C68H130O6. The van der Waals surface area contributed by atoms with Crippen LogP contribution in [0.5, 0.6) is 0 Å². The third-order valence-electron chi connectivity index (χ3n) is 15.5. The van der Waals surface area contributed by atoms with Gasteiger partial charge in [-0.2, -0.15) is 0 Å². The van der Waals surface area contributed by atoms with Gasteiger partial charge >= 0.3 is 17.9 Å². The highest BCUT2D eigenvalue weighted by molar-refractivity contribution is 5.71. The third-order valence-corrected chi connectivity index (χ3v) is 15.5. The number of hydrogen-bond acceptors (Lipinski definition) is 6. The van der Waals surface area contributed by atoms with E-state index in [4.69, 9.17) is 14.2 Å². The van der Waals surface area contributed by atoms with Gasteiger partial charge in [0.1, 0.15) is 13.2 Å². The molecule has 0 aromatic rings. The zero-order valence-electron chi connectivity index (χ0n) is 50.4. The Bertz CT molecular complexity index is 1150. The summed E-state index contributed by atoms with van der Waals surface area (Å²) in [6, 6.07) is 0. The number of ether oxygens (including phenoxy) is 3. The number of allylic oxidation sites excluding steroid dienone is 2. The van der Waals surface area contributed by atoms with Gasteiger partial charge in [0.25, 0.3) is 0 Å². The second kappa shape index (κ2) is 63.7. The van der Waals surface area contributed by atoms with Crippen molar-refractivity contribution in [3.8, 4) is 0 Å². The summed E-state index contributed by atoms with van der Waals surface area (Å²) in [5.74, 6) is -0.834. The minimum Gasteiger partial charge on any atom is -0.462 e. The Labute approximate surface area is 462 Å². The minimum atomic E-state index is -0.768. The number of hydrogen-bond donors (Lipinski definition) is 0. The van der Waals surface area contributed by atoms with Crippen molar-refractivity contribution in [2.45, 2.75) is 393 Å². The van der Waals surface area contributed by atoms with E-state index in [0.717, 1.165) is 57.8 Å². The number of carbonyl (C=O) groups is 3. The fraction of sp³-hybridized carbons (Fsp3) is 0.926. The molecule has 6 heteroatoms. The fourth-order valence-corrected chi connectivity index (χ4v) is 10.4. The van der Waals surface area contributed by atoms with Gasteiger partial charge in [-0.1, -0.05) is 335 Å². The molecule has 0 N–H and O–H groups in total. The highest BCUT2D eigenvalue weighted by atomic mass is 16.6. The first-order valence-electron chi connectivity index (χ1n) is 33.7. The van der Waals surface area contributed by atoms with E-state index in [1.165, 1.54) is 289 Å². The van der Waals surface area contributed by atoms with Crippen molar-refractivity contribution in [2.24, 2.45) is 0 Å². The number of esters is 3. The van der Waals surface area contributed by atoms with Crippen LogP contribution in [0.1, 0.15) is 387 Å². The standard InChI is InChI=1S/C68H130O6/c1-4-7-10-13-16-19-22-25-28-31-33-34-35-38-40-43-46-49-52-55-58-61-67(70)73-64-65(63-72-66(69)60-57-54-51-48-45-42-39-36-30-27-24-21-18-15-12-9-6-3)74-68(71)62-59-56-53-50-47-44-41-37-32-29-26-23-20-17-14-11-8-5-2/h27,30,65H,4-26,28-29,31-64H2,1-3H3/b30-27-. The van der Waals surface area contributed by atoms with Crippen molar-refractivity contribution in [3.05, 3.63) is 12.2 Å². The summed E-state index contributed by atoms with van der Waals surface area (Å²) in [7, 11) is 0. The smallest absolute Gasteiger partial charge is 0.306 e. The largest absolute Gasteiger partial charge is 0.462 e. The molecule has 1 atom stereocenters. The van der Waals surface area contributed by atoms with Crippen molar-refractivity contribution in [3.63, 3.8) is 0 Å². The summed E-state index contributed by atoms with van der Waals surface area (Å²) < 4.78 is 17.0. The van der Waals surface area contributed by atoms with Gasteiger partial charge in [-0.15, -0.1) is 0 Å². The van der Waals surface area contributed by atoms with Crippen LogP contribution in [0.3, 0.4) is 0 Å². The average molecular weight is 1040 g/mol. The van der Waals surface area contributed by atoms with Gasteiger partial charge in [0.15, 0.2) is 6.10 Å². The third kappa shape index (κ3) is 61.0. The Morgan fingerprint density at radius 3 is 0.676 bits per heavy atom. The van der Waals surface area contributed by atoms with E-state index in [1.807, 2.05) is 0 Å². The molecule has 74 heavy (non-hydrogen) atoms. The van der Waals surface area contributed by atoms with E-state index < -0.39 is 6.10 Å². The van der Waals surface area contributed by atoms with E-state index in [-0.39, 0.29) is 31.1 Å². The van der Waals surface area contributed by atoms with Crippen LogP contribution in [-0.4, -0.2) is 37.2 Å². The Morgan fingerprint density at radius 2 is 0.446 bits per heavy atom. The van der Waals surface area contributed by atoms with Crippen molar-refractivity contribution in [2.75, 3.05) is 13.2 Å². The van der Waals surface area contributed by atoms with Crippen LogP contribution >= 0.6 is 0 Å². The van der Waals surface area contributed by atoms with E-state index in [9.17, 15) is 14.4 Å². The van der Waals surface area contributed by atoms with Gasteiger partial charge in [-0.25, -0.2) is 0 Å². The first kappa shape index (κ1) is 72.2. The second-order valence-corrected chi connectivity index (χ2v) is 23.1. The minimum absolute atomic E-state index is 0.0643. The van der Waals surface area contributed by atoms with Crippen LogP contribution in [0.25, 0.3) is 0 Å². The molecule has 0 spiro atoms. The van der Waals surface area contributed by atoms with E-state index in [2.05, 4.69) is 32.9 Å². The lowest BCUT2D eigenvalue weighted by Gasteiger charge is -2.18. The van der Waals surface area contributed by atoms with Crippen LogP contribution in [0.2, 0.25) is 0 Å². The molecule has 0 aromatic heterocycles. The van der Waals surface area contributed by atoms with Gasteiger partial charge in [-0.05, 0) is 44.9 Å². The Balaban J connectivity index is 4.28. The predicted octanol–water partition coefficient (Wildman–Crippen LogP) is 22.8. The maximum absolute atomic E-state index is 12.9. The highest BCUT2D eigenvalue weighted by Gasteiger charge is 2.19. The van der Waals surface area contributed by atoms with Gasteiger partial charge in [0.2, 0.25) is 0 Å². The number of carbonyl (C=O) groups excluding carboxylic acids is 3. The van der Waals surface area contributed by atoms with Crippen molar-refractivity contribution in [1.82, 2.24) is 0 Å². The second-order valence-electron chi connectivity index (χ2n) is 23.1. The molecular weight excluding hydrogens is 913 g/mol. The van der Waals surface area contributed by atoms with Crippen molar-refractivity contribution < 1.29 is 28.6 Å². The average Bonchev–Trinajstić information content (AvgIpc) is 3.40. The molecule has 0 heterocycles. The summed E-state index contributed by atoms with van der Waals surface area (Å²) in [5, 5.41) is 0. The van der Waals surface area contributed by atoms with Crippen LogP contribution in [0.15, 0.2) is 12.2 Å². The molecule has 0 aromatic carbocycles. The zero-order valence-corrected chi connectivity index (χ0v) is 50.4. The number of unbranched alkanes of at least 4 members (excludes halogenated alkanes) is 50. The van der Waals surface area contributed by atoms with E-state index >= 15 is 0 Å². The molecule has 0 rings (SSSR count). The molecule has 0 saturated heterocycles. The number of rotatable bonds is 63. The quantitative estimate of drug-likeness (QED) is 0.0261. The lowest BCUT2D eigenvalue weighted by Crippen LogP contribution is -2.30. The van der Waals surface area contributed by atoms with Gasteiger partial charge < -0.3 is 14.2 Å². The SMILES string of the molecule is CCCCCCCC/C=C\CCCCCCCCCC(=O)OCC(COC(=O)CCCCCCCCCCCCCCCCCCCCCCC)OC(=O)CCCCCCCCCCCCCCCCCCCC. The zero-order chi connectivity index (χ0) is 53.6. The molecule has 0 aliphatic heterocycles. The first-order chi connectivity index (χ1) is 36.5. The van der Waals surface area contributed by atoms with Crippen LogP contribution in [0.4, 0.5) is 0 Å². The molecule has 0 aliphatic carbocycles. The molecule has 0 saturated carbocycles. The first-order valence-corrected chi connectivity index (χ1v) is 33.7. The normalized spacial score (nSPS) is 12.0. The molecule has 438 valence electrons. The Hall–Kier alpha value is -1.85. The summed E-state index contributed by atoms with van der Waals surface area (Å²) in [6.45, 7) is 6.72. The Morgan fingerprint density at radius 1 is 0.257 bits per heavy atom. The summed E-state index contributed by atoms with van der Waals surface area (Å²) in [6.07, 6.45) is 75.1.